The zero-order valence-electron chi connectivity index (χ0n) is 13.9. The number of likely N-dealkylation sites (tertiary alicyclic amines) is 1. The van der Waals surface area contributed by atoms with Crippen LogP contribution in [0.1, 0.15) is 24.0 Å². The number of fused-ring (bicyclic) bond motifs is 1. The molecule has 2 aromatic rings. The Labute approximate surface area is 142 Å². The number of hydrogen-bond donors (Lipinski definition) is 1. The van der Waals surface area contributed by atoms with Gasteiger partial charge in [0, 0.05) is 25.7 Å². The van der Waals surface area contributed by atoms with Crippen LogP contribution >= 0.6 is 0 Å². The Balaban J connectivity index is 1.34. The molecule has 2 aliphatic rings. The number of hydrogen-bond acceptors (Lipinski definition) is 5. The van der Waals surface area contributed by atoms with E-state index in [0.29, 0.717) is 13.1 Å². The second-order valence-electron chi connectivity index (χ2n) is 7.00. The number of nitrogens with zero attached hydrogens (tertiary/aromatic N) is 4. The molecule has 1 unspecified atom stereocenters. The Morgan fingerprint density at radius 2 is 2.29 bits per heavy atom. The van der Waals surface area contributed by atoms with E-state index in [1.807, 2.05) is 6.20 Å². The van der Waals surface area contributed by atoms with Gasteiger partial charge in [0.15, 0.2) is 0 Å². The van der Waals surface area contributed by atoms with E-state index >= 15 is 0 Å². The van der Waals surface area contributed by atoms with E-state index in [2.05, 4.69) is 33.4 Å². The molecule has 0 saturated carbocycles. The SMILES string of the molecule is OC1(Cn2ccnn2)CCCN(CCc2ccc3c(c2)CCO3)C1. The molecule has 0 radical (unpaired) electrons. The summed E-state index contributed by atoms with van der Waals surface area (Å²) in [6, 6.07) is 6.53. The predicted molar refractivity (Wildman–Crippen MR) is 90.0 cm³/mol. The molecule has 128 valence electrons. The summed E-state index contributed by atoms with van der Waals surface area (Å²) in [7, 11) is 0. The third kappa shape index (κ3) is 3.44. The summed E-state index contributed by atoms with van der Waals surface area (Å²) in [5, 5.41) is 18.7. The standard InChI is InChI=1S/C18H24N4O2/c23-18(14-22-10-7-19-20-22)6-1-8-21(13-18)9-4-15-2-3-17-16(12-15)5-11-24-17/h2-3,7,10,12,23H,1,4-6,8-9,11,13-14H2. The molecular formula is C18H24N4O2. The van der Waals surface area contributed by atoms with Crippen LogP contribution in [0.4, 0.5) is 0 Å². The van der Waals surface area contributed by atoms with Crippen molar-refractivity contribution in [1.82, 2.24) is 19.9 Å². The highest BCUT2D eigenvalue weighted by Gasteiger charge is 2.33. The molecule has 2 aliphatic heterocycles. The van der Waals surface area contributed by atoms with Crippen molar-refractivity contribution in [2.45, 2.75) is 37.8 Å². The average molecular weight is 328 g/mol. The minimum Gasteiger partial charge on any atom is -0.493 e. The zero-order chi connectivity index (χ0) is 16.4. The molecule has 0 bridgehead atoms. The topological polar surface area (TPSA) is 63.4 Å². The summed E-state index contributed by atoms with van der Waals surface area (Å²) < 4.78 is 7.29. The van der Waals surface area contributed by atoms with E-state index in [9.17, 15) is 5.11 Å². The number of benzene rings is 1. The molecule has 3 heterocycles. The van der Waals surface area contributed by atoms with Crippen LogP contribution in [-0.4, -0.2) is 56.8 Å². The largest absolute Gasteiger partial charge is 0.493 e. The molecule has 0 amide bonds. The van der Waals surface area contributed by atoms with Crippen LogP contribution in [0.3, 0.4) is 0 Å². The van der Waals surface area contributed by atoms with E-state index in [-0.39, 0.29) is 0 Å². The fourth-order valence-corrected chi connectivity index (χ4v) is 3.83. The quantitative estimate of drug-likeness (QED) is 0.896. The normalized spacial score (nSPS) is 23.9. The monoisotopic (exact) mass is 328 g/mol. The van der Waals surface area contributed by atoms with Gasteiger partial charge in [-0.2, -0.15) is 0 Å². The van der Waals surface area contributed by atoms with Gasteiger partial charge in [-0.1, -0.05) is 17.3 Å². The summed E-state index contributed by atoms with van der Waals surface area (Å²) in [6.45, 7) is 4.04. The van der Waals surface area contributed by atoms with E-state index in [1.54, 1.807) is 10.9 Å². The average Bonchev–Trinajstić information content (AvgIpc) is 3.23. The highest BCUT2D eigenvalue weighted by molar-refractivity contribution is 5.39. The Morgan fingerprint density at radius 3 is 3.17 bits per heavy atom. The van der Waals surface area contributed by atoms with Crippen molar-refractivity contribution in [2.24, 2.45) is 0 Å². The number of aliphatic hydroxyl groups is 1. The molecule has 1 aromatic carbocycles. The van der Waals surface area contributed by atoms with Crippen LogP contribution in [-0.2, 0) is 19.4 Å². The minimum atomic E-state index is -0.711. The number of aromatic nitrogens is 3. The van der Waals surface area contributed by atoms with Gasteiger partial charge in [0.1, 0.15) is 5.75 Å². The van der Waals surface area contributed by atoms with Crippen LogP contribution in [0.2, 0.25) is 0 Å². The van der Waals surface area contributed by atoms with Crippen molar-refractivity contribution < 1.29 is 9.84 Å². The maximum atomic E-state index is 10.9. The van der Waals surface area contributed by atoms with Crippen molar-refractivity contribution in [1.29, 1.82) is 0 Å². The molecule has 1 fully saturated rings. The third-order valence-electron chi connectivity index (χ3n) is 5.03. The van der Waals surface area contributed by atoms with Gasteiger partial charge in [0.05, 0.1) is 24.9 Å². The minimum absolute atomic E-state index is 0.514. The molecule has 1 N–H and O–H groups in total. The van der Waals surface area contributed by atoms with Crippen molar-refractivity contribution in [3.05, 3.63) is 41.7 Å². The Morgan fingerprint density at radius 1 is 1.33 bits per heavy atom. The van der Waals surface area contributed by atoms with Crippen LogP contribution in [0, 0.1) is 0 Å². The summed E-state index contributed by atoms with van der Waals surface area (Å²) in [5.41, 5.74) is 1.97. The van der Waals surface area contributed by atoms with E-state index in [4.69, 9.17) is 4.74 Å². The molecule has 24 heavy (non-hydrogen) atoms. The molecule has 4 rings (SSSR count). The highest BCUT2D eigenvalue weighted by Crippen LogP contribution is 2.27. The number of β-amino-alcohol motifs (C(OH)–C–C–N with tert-alkyl or cyclic N) is 1. The summed E-state index contributed by atoms with van der Waals surface area (Å²) in [5.74, 6) is 1.04. The molecule has 0 spiro atoms. The first-order valence-electron chi connectivity index (χ1n) is 8.74. The first-order valence-corrected chi connectivity index (χ1v) is 8.74. The van der Waals surface area contributed by atoms with Gasteiger partial charge in [0.2, 0.25) is 0 Å². The number of ether oxygens (including phenoxy) is 1. The number of rotatable bonds is 5. The molecule has 0 aliphatic carbocycles. The second-order valence-corrected chi connectivity index (χ2v) is 7.00. The number of piperidine rings is 1. The summed E-state index contributed by atoms with van der Waals surface area (Å²) >= 11 is 0. The molecular weight excluding hydrogens is 304 g/mol. The third-order valence-corrected chi connectivity index (χ3v) is 5.03. The van der Waals surface area contributed by atoms with Gasteiger partial charge in [-0.3, -0.25) is 0 Å². The molecule has 1 atom stereocenters. The Bertz CT molecular complexity index is 688. The van der Waals surface area contributed by atoms with Gasteiger partial charge in [-0.05, 0) is 43.0 Å². The van der Waals surface area contributed by atoms with Crippen LogP contribution in [0.15, 0.2) is 30.6 Å². The second kappa shape index (κ2) is 6.53. The fourth-order valence-electron chi connectivity index (χ4n) is 3.83. The predicted octanol–water partition coefficient (Wildman–Crippen LogP) is 1.28. The smallest absolute Gasteiger partial charge is 0.122 e. The van der Waals surface area contributed by atoms with Crippen LogP contribution in [0.5, 0.6) is 5.75 Å². The van der Waals surface area contributed by atoms with Crippen molar-refractivity contribution >= 4 is 0 Å². The van der Waals surface area contributed by atoms with Gasteiger partial charge < -0.3 is 14.7 Å². The Hall–Kier alpha value is -1.92. The lowest BCUT2D eigenvalue weighted by Crippen LogP contribution is -2.51. The first kappa shape index (κ1) is 15.6. The van der Waals surface area contributed by atoms with Crippen molar-refractivity contribution in [2.75, 3.05) is 26.2 Å². The van der Waals surface area contributed by atoms with Crippen molar-refractivity contribution in [3.8, 4) is 5.75 Å². The van der Waals surface area contributed by atoms with E-state index in [0.717, 1.165) is 51.1 Å². The summed E-state index contributed by atoms with van der Waals surface area (Å²) in [4.78, 5) is 2.37. The fraction of sp³-hybridized carbons (Fsp3) is 0.556. The summed E-state index contributed by atoms with van der Waals surface area (Å²) in [6.07, 6.45) is 7.32. The molecule has 6 heteroatoms. The lowest BCUT2D eigenvalue weighted by molar-refractivity contribution is -0.0452. The van der Waals surface area contributed by atoms with Gasteiger partial charge in [0.25, 0.3) is 0 Å². The lowest BCUT2D eigenvalue weighted by Gasteiger charge is -2.39. The zero-order valence-corrected chi connectivity index (χ0v) is 13.9. The molecule has 1 saturated heterocycles. The van der Waals surface area contributed by atoms with E-state index < -0.39 is 5.60 Å². The van der Waals surface area contributed by atoms with E-state index in [1.165, 1.54) is 11.1 Å². The maximum absolute atomic E-state index is 10.9. The van der Waals surface area contributed by atoms with Crippen molar-refractivity contribution in [3.63, 3.8) is 0 Å². The van der Waals surface area contributed by atoms with Gasteiger partial charge >= 0.3 is 0 Å². The maximum Gasteiger partial charge on any atom is 0.122 e. The Kier molecular flexibility index (Phi) is 4.24. The van der Waals surface area contributed by atoms with Crippen LogP contribution < -0.4 is 4.74 Å². The van der Waals surface area contributed by atoms with Gasteiger partial charge in [-0.25, -0.2) is 4.68 Å². The lowest BCUT2D eigenvalue weighted by atomic mass is 9.92. The molecule has 6 nitrogen and oxygen atoms in total. The van der Waals surface area contributed by atoms with Crippen LogP contribution in [0.25, 0.3) is 0 Å². The highest BCUT2D eigenvalue weighted by atomic mass is 16.5. The molecule has 1 aromatic heterocycles. The first-order chi connectivity index (χ1) is 11.7. The van der Waals surface area contributed by atoms with Gasteiger partial charge in [-0.15, -0.1) is 5.10 Å².